The third kappa shape index (κ3) is 3.55. The zero-order valence-electron chi connectivity index (χ0n) is 11.0. The molecule has 2 aromatic rings. The standard InChI is InChI=1S/C11H12N4O5S/c1-14-6-8(5-13-14)7-20-10-3-2-9(15(16)17)4-11(10)21(12,18)19/h2-6H,7H2,1H3,(H2,12,18,19). The third-order valence-corrected chi connectivity index (χ3v) is 3.53. The maximum Gasteiger partial charge on any atom is 0.271 e. The molecule has 0 atom stereocenters. The van der Waals surface area contributed by atoms with Crippen LogP contribution in [0.15, 0.2) is 35.5 Å². The van der Waals surface area contributed by atoms with E-state index in [1.54, 1.807) is 24.1 Å². The monoisotopic (exact) mass is 312 g/mol. The Morgan fingerprint density at radius 1 is 1.48 bits per heavy atom. The number of nitrogens with two attached hydrogens (primary N) is 1. The van der Waals surface area contributed by atoms with Gasteiger partial charge in [-0.1, -0.05) is 0 Å². The summed E-state index contributed by atoms with van der Waals surface area (Å²) in [5.41, 5.74) is 0.337. The molecule has 0 aliphatic heterocycles. The molecule has 0 fully saturated rings. The summed E-state index contributed by atoms with van der Waals surface area (Å²) in [6.45, 7) is 0.0637. The summed E-state index contributed by atoms with van der Waals surface area (Å²) in [5, 5.41) is 19.7. The number of primary sulfonamides is 1. The molecular weight excluding hydrogens is 300 g/mol. The van der Waals surface area contributed by atoms with E-state index < -0.39 is 19.8 Å². The van der Waals surface area contributed by atoms with Crippen LogP contribution in [-0.2, 0) is 23.7 Å². The number of hydrogen-bond donors (Lipinski definition) is 1. The normalized spacial score (nSPS) is 11.3. The van der Waals surface area contributed by atoms with E-state index in [2.05, 4.69) is 5.10 Å². The number of non-ortho nitro benzene ring substituents is 1. The lowest BCUT2D eigenvalue weighted by molar-refractivity contribution is -0.385. The Morgan fingerprint density at radius 2 is 2.19 bits per heavy atom. The maximum atomic E-state index is 11.5. The van der Waals surface area contributed by atoms with Crippen molar-refractivity contribution < 1.29 is 18.1 Å². The van der Waals surface area contributed by atoms with E-state index in [0.29, 0.717) is 0 Å². The van der Waals surface area contributed by atoms with E-state index in [9.17, 15) is 18.5 Å². The lowest BCUT2D eigenvalue weighted by Gasteiger charge is -2.09. The number of ether oxygens (including phenoxy) is 1. The highest BCUT2D eigenvalue weighted by Gasteiger charge is 2.20. The molecule has 10 heteroatoms. The predicted octanol–water partition coefficient (Wildman–Crippen LogP) is 0.555. The smallest absolute Gasteiger partial charge is 0.271 e. The molecule has 0 spiro atoms. The Balaban J connectivity index is 2.32. The first-order chi connectivity index (χ1) is 9.77. The third-order valence-electron chi connectivity index (χ3n) is 2.60. The van der Waals surface area contributed by atoms with Crippen LogP contribution in [0.4, 0.5) is 5.69 Å². The van der Waals surface area contributed by atoms with E-state index >= 15 is 0 Å². The number of benzene rings is 1. The Morgan fingerprint density at radius 3 is 2.71 bits per heavy atom. The van der Waals surface area contributed by atoms with Crippen LogP contribution in [0.3, 0.4) is 0 Å². The van der Waals surface area contributed by atoms with Crippen molar-refractivity contribution in [2.24, 2.45) is 12.2 Å². The second-order valence-corrected chi connectivity index (χ2v) is 5.77. The minimum Gasteiger partial charge on any atom is -0.487 e. The highest BCUT2D eigenvalue weighted by Crippen LogP contribution is 2.28. The van der Waals surface area contributed by atoms with Crippen molar-refractivity contribution >= 4 is 15.7 Å². The number of aromatic nitrogens is 2. The van der Waals surface area contributed by atoms with Crippen LogP contribution >= 0.6 is 0 Å². The van der Waals surface area contributed by atoms with Gasteiger partial charge in [-0.2, -0.15) is 5.10 Å². The van der Waals surface area contributed by atoms with E-state index in [-0.39, 0.29) is 18.0 Å². The lowest BCUT2D eigenvalue weighted by Crippen LogP contribution is -2.14. The summed E-state index contributed by atoms with van der Waals surface area (Å²) in [7, 11) is -2.41. The Hall–Kier alpha value is -2.46. The lowest BCUT2D eigenvalue weighted by atomic mass is 10.3. The van der Waals surface area contributed by atoms with Gasteiger partial charge in [0, 0.05) is 30.9 Å². The van der Waals surface area contributed by atoms with Crippen LogP contribution in [0.5, 0.6) is 5.75 Å². The van der Waals surface area contributed by atoms with Crippen LogP contribution < -0.4 is 9.88 Å². The zero-order chi connectivity index (χ0) is 15.6. The van der Waals surface area contributed by atoms with Crippen LogP contribution in [0.2, 0.25) is 0 Å². The predicted molar refractivity (Wildman–Crippen MR) is 72.0 cm³/mol. The SMILES string of the molecule is Cn1cc(COc2ccc([N+](=O)[O-])cc2S(N)(=O)=O)cn1. The van der Waals surface area contributed by atoms with Crippen molar-refractivity contribution in [1.82, 2.24) is 9.78 Å². The second kappa shape index (κ2) is 5.50. The molecule has 9 nitrogen and oxygen atoms in total. The Kier molecular flexibility index (Phi) is 3.91. The van der Waals surface area contributed by atoms with Crippen molar-refractivity contribution in [3.8, 4) is 5.75 Å². The number of nitro benzene ring substituents is 1. The van der Waals surface area contributed by atoms with E-state index in [4.69, 9.17) is 9.88 Å². The molecule has 1 aromatic carbocycles. The fourth-order valence-electron chi connectivity index (χ4n) is 1.66. The highest BCUT2D eigenvalue weighted by molar-refractivity contribution is 7.89. The van der Waals surface area contributed by atoms with Crippen LogP contribution in [0.1, 0.15) is 5.56 Å². The highest BCUT2D eigenvalue weighted by atomic mass is 32.2. The maximum absolute atomic E-state index is 11.5. The first-order valence-electron chi connectivity index (χ1n) is 5.69. The van der Waals surface area contributed by atoms with Gasteiger partial charge in [-0.05, 0) is 6.07 Å². The molecule has 0 saturated carbocycles. The minimum absolute atomic E-state index is 0.0491. The van der Waals surface area contributed by atoms with E-state index in [0.717, 1.165) is 17.7 Å². The summed E-state index contributed by atoms with van der Waals surface area (Å²) in [6.07, 6.45) is 3.25. The molecule has 0 amide bonds. The first-order valence-corrected chi connectivity index (χ1v) is 7.23. The second-order valence-electron chi connectivity index (χ2n) is 4.24. The number of sulfonamides is 1. The number of rotatable bonds is 5. The molecule has 21 heavy (non-hydrogen) atoms. The summed E-state index contributed by atoms with van der Waals surface area (Å²) >= 11 is 0. The van der Waals surface area contributed by atoms with Crippen molar-refractivity contribution in [1.29, 1.82) is 0 Å². The van der Waals surface area contributed by atoms with E-state index in [1.807, 2.05) is 0 Å². The molecule has 0 unspecified atom stereocenters. The molecule has 0 aliphatic carbocycles. The van der Waals surface area contributed by atoms with Crippen LogP contribution in [0.25, 0.3) is 0 Å². The van der Waals surface area contributed by atoms with Gasteiger partial charge in [0.2, 0.25) is 10.0 Å². The molecule has 0 radical (unpaired) electrons. The number of nitrogens with zero attached hydrogens (tertiary/aromatic N) is 3. The van der Waals surface area contributed by atoms with Gasteiger partial charge in [0.1, 0.15) is 17.3 Å². The van der Waals surface area contributed by atoms with Gasteiger partial charge >= 0.3 is 0 Å². The molecule has 0 aliphatic rings. The summed E-state index contributed by atoms with van der Waals surface area (Å²) in [6, 6.07) is 3.22. The fourth-order valence-corrected chi connectivity index (χ4v) is 2.35. The molecule has 2 rings (SSSR count). The Labute approximate surface area is 120 Å². The molecule has 1 aromatic heterocycles. The van der Waals surface area contributed by atoms with Gasteiger partial charge in [-0.3, -0.25) is 14.8 Å². The zero-order valence-corrected chi connectivity index (χ0v) is 11.8. The first kappa shape index (κ1) is 14.9. The van der Waals surface area contributed by atoms with Gasteiger partial charge in [0.25, 0.3) is 5.69 Å². The molecule has 1 heterocycles. The minimum atomic E-state index is -4.14. The van der Waals surface area contributed by atoms with Gasteiger partial charge in [0.05, 0.1) is 11.1 Å². The van der Waals surface area contributed by atoms with Crippen molar-refractivity contribution in [2.75, 3.05) is 0 Å². The van der Waals surface area contributed by atoms with Crippen LogP contribution in [0, 0.1) is 10.1 Å². The number of hydrogen-bond acceptors (Lipinski definition) is 6. The van der Waals surface area contributed by atoms with Crippen molar-refractivity contribution in [3.05, 3.63) is 46.3 Å². The summed E-state index contributed by atoms with van der Waals surface area (Å²) < 4.78 is 29.9. The number of nitro groups is 1. The largest absolute Gasteiger partial charge is 0.487 e. The Bertz CT molecular complexity index is 784. The quantitative estimate of drug-likeness (QED) is 0.634. The van der Waals surface area contributed by atoms with Gasteiger partial charge in [-0.15, -0.1) is 0 Å². The van der Waals surface area contributed by atoms with Gasteiger partial charge in [-0.25, -0.2) is 13.6 Å². The topological polar surface area (TPSA) is 130 Å². The molecule has 2 N–H and O–H groups in total. The molecular formula is C11H12N4O5S. The summed E-state index contributed by atoms with van der Waals surface area (Å²) in [4.78, 5) is 9.55. The summed E-state index contributed by atoms with van der Waals surface area (Å²) in [5.74, 6) is -0.0491. The number of aryl methyl sites for hydroxylation is 1. The average Bonchev–Trinajstić information content (AvgIpc) is 2.81. The average molecular weight is 312 g/mol. The molecule has 0 bridgehead atoms. The van der Waals surface area contributed by atoms with E-state index in [1.165, 1.54) is 6.07 Å². The van der Waals surface area contributed by atoms with Crippen molar-refractivity contribution in [3.63, 3.8) is 0 Å². The van der Waals surface area contributed by atoms with Crippen molar-refractivity contribution in [2.45, 2.75) is 11.5 Å². The molecule has 0 saturated heterocycles. The molecule has 112 valence electrons. The fraction of sp³-hybridized carbons (Fsp3) is 0.182. The van der Waals surface area contributed by atoms with Gasteiger partial charge in [0.15, 0.2) is 0 Å². The van der Waals surface area contributed by atoms with Crippen LogP contribution in [-0.4, -0.2) is 23.1 Å². The van der Waals surface area contributed by atoms with Gasteiger partial charge < -0.3 is 4.74 Å².